The zero-order chi connectivity index (χ0) is 13.9. The molecule has 4 nitrogen and oxygen atoms in total. The van der Waals surface area contributed by atoms with E-state index in [1.54, 1.807) is 7.11 Å². The third-order valence-corrected chi connectivity index (χ3v) is 3.18. The number of rotatable bonds is 2. The zero-order valence-electron chi connectivity index (χ0n) is 11.1. The first-order chi connectivity index (χ1) is 9.78. The van der Waals surface area contributed by atoms with E-state index >= 15 is 0 Å². The van der Waals surface area contributed by atoms with Crippen molar-refractivity contribution in [3.63, 3.8) is 0 Å². The van der Waals surface area contributed by atoms with Crippen molar-refractivity contribution in [2.24, 2.45) is 4.99 Å². The highest BCUT2D eigenvalue weighted by molar-refractivity contribution is 6.19. The van der Waals surface area contributed by atoms with Gasteiger partial charge in [-0.15, -0.1) is 0 Å². The van der Waals surface area contributed by atoms with Gasteiger partial charge in [-0.3, -0.25) is 9.79 Å². The molecule has 1 heterocycles. The molecule has 100 valence electrons. The van der Waals surface area contributed by atoms with Crippen LogP contribution < -0.4 is 10.1 Å². The van der Waals surface area contributed by atoms with Crippen molar-refractivity contribution < 1.29 is 9.53 Å². The van der Waals surface area contributed by atoms with Crippen LogP contribution in [-0.2, 0) is 4.79 Å². The number of aliphatic imine (C=N–C) groups is 1. The first kappa shape index (κ1) is 12.4. The topological polar surface area (TPSA) is 50.7 Å². The van der Waals surface area contributed by atoms with E-state index in [1.807, 2.05) is 48.5 Å². The van der Waals surface area contributed by atoms with Crippen LogP contribution in [0.15, 0.2) is 53.5 Å². The van der Waals surface area contributed by atoms with Gasteiger partial charge in [0.1, 0.15) is 12.3 Å². The number of methoxy groups -OCH3 is 1. The molecule has 0 saturated heterocycles. The molecular weight excluding hydrogens is 252 g/mol. The van der Waals surface area contributed by atoms with Gasteiger partial charge >= 0.3 is 0 Å². The minimum absolute atomic E-state index is 0.120. The van der Waals surface area contributed by atoms with Gasteiger partial charge in [-0.05, 0) is 12.1 Å². The van der Waals surface area contributed by atoms with Gasteiger partial charge in [0.25, 0.3) is 0 Å². The molecule has 2 aromatic rings. The predicted octanol–water partition coefficient (Wildman–Crippen LogP) is 2.48. The van der Waals surface area contributed by atoms with E-state index in [0.717, 1.165) is 22.5 Å². The summed E-state index contributed by atoms with van der Waals surface area (Å²) >= 11 is 0. The van der Waals surface area contributed by atoms with E-state index in [9.17, 15) is 4.79 Å². The molecule has 0 unspecified atom stereocenters. The Hall–Kier alpha value is -2.62. The number of amides is 1. The third kappa shape index (κ3) is 2.28. The molecule has 1 N–H and O–H groups in total. The molecule has 0 fully saturated rings. The summed E-state index contributed by atoms with van der Waals surface area (Å²) in [4.78, 5) is 16.2. The molecule has 0 spiro atoms. The first-order valence-corrected chi connectivity index (χ1v) is 6.36. The van der Waals surface area contributed by atoms with E-state index < -0.39 is 0 Å². The summed E-state index contributed by atoms with van der Waals surface area (Å²) in [5.74, 6) is 0.587. The molecule has 0 saturated carbocycles. The summed E-state index contributed by atoms with van der Waals surface area (Å²) in [7, 11) is 1.60. The number of carbonyl (C=O) groups is 1. The normalized spacial score (nSPS) is 13.8. The molecule has 1 aliphatic heterocycles. The average molecular weight is 266 g/mol. The molecule has 2 aromatic carbocycles. The van der Waals surface area contributed by atoms with Crippen LogP contribution in [0.3, 0.4) is 0 Å². The van der Waals surface area contributed by atoms with Gasteiger partial charge in [0.2, 0.25) is 5.91 Å². The summed E-state index contributed by atoms with van der Waals surface area (Å²) in [5, 5.41) is 2.86. The van der Waals surface area contributed by atoms with Gasteiger partial charge in [-0.2, -0.15) is 0 Å². The minimum Gasteiger partial charge on any atom is -0.497 e. The van der Waals surface area contributed by atoms with Gasteiger partial charge in [0.05, 0.1) is 18.5 Å². The van der Waals surface area contributed by atoms with E-state index in [0.29, 0.717) is 5.75 Å². The van der Waals surface area contributed by atoms with Crippen molar-refractivity contribution in [2.45, 2.75) is 0 Å². The summed E-state index contributed by atoms with van der Waals surface area (Å²) in [5.41, 5.74) is 3.45. The van der Waals surface area contributed by atoms with E-state index in [2.05, 4.69) is 10.3 Å². The van der Waals surface area contributed by atoms with Crippen molar-refractivity contribution in [3.8, 4) is 5.75 Å². The Morgan fingerprint density at radius 2 is 1.95 bits per heavy atom. The van der Waals surface area contributed by atoms with Gasteiger partial charge < -0.3 is 10.1 Å². The largest absolute Gasteiger partial charge is 0.497 e. The Labute approximate surface area is 117 Å². The highest BCUT2D eigenvalue weighted by atomic mass is 16.5. The second kappa shape index (κ2) is 5.17. The lowest BCUT2D eigenvalue weighted by molar-refractivity contribution is -0.114. The van der Waals surface area contributed by atoms with Crippen LogP contribution in [-0.4, -0.2) is 25.3 Å². The maximum absolute atomic E-state index is 11.8. The molecular formula is C16H14N2O2. The molecule has 0 aliphatic carbocycles. The molecule has 0 aromatic heterocycles. The van der Waals surface area contributed by atoms with Crippen molar-refractivity contribution >= 4 is 17.3 Å². The smallest absolute Gasteiger partial charge is 0.246 e. The fourth-order valence-electron chi connectivity index (χ4n) is 2.23. The standard InChI is InChI=1S/C16H14N2O2/c1-20-12-7-8-13-14(9-12)18-15(19)10-17-16(13)11-5-3-2-4-6-11/h2-9H,10H2,1H3,(H,18,19). The van der Waals surface area contributed by atoms with Crippen molar-refractivity contribution in [1.82, 2.24) is 0 Å². The number of benzodiazepines with no additional fused rings is 1. The van der Waals surface area contributed by atoms with Crippen LogP contribution in [0.2, 0.25) is 0 Å². The fraction of sp³-hybridized carbons (Fsp3) is 0.125. The number of carbonyl (C=O) groups excluding carboxylic acids is 1. The minimum atomic E-state index is -0.120. The van der Waals surface area contributed by atoms with Gasteiger partial charge in [-0.1, -0.05) is 30.3 Å². The van der Waals surface area contributed by atoms with Crippen LogP contribution in [0.4, 0.5) is 5.69 Å². The third-order valence-electron chi connectivity index (χ3n) is 3.18. The van der Waals surface area contributed by atoms with E-state index in [-0.39, 0.29) is 12.5 Å². The summed E-state index contributed by atoms with van der Waals surface area (Å²) < 4.78 is 5.21. The molecule has 1 amide bonds. The molecule has 3 rings (SSSR count). The monoisotopic (exact) mass is 266 g/mol. The van der Waals surface area contributed by atoms with Crippen molar-refractivity contribution in [1.29, 1.82) is 0 Å². The number of nitrogens with one attached hydrogen (secondary N) is 1. The predicted molar refractivity (Wildman–Crippen MR) is 78.6 cm³/mol. The molecule has 0 bridgehead atoms. The Bertz CT molecular complexity index is 678. The van der Waals surface area contributed by atoms with E-state index in [4.69, 9.17) is 4.74 Å². The van der Waals surface area contributed by atoms with E-state index in [1.165, 1.54) is 0 Å². The van der Waals surface area contributed by atoms with Crippen molar-refractivity contribution in [2.75, 3.05) is 19.0 Å². The number of benzene rings is 2. The summed E-state index contributed by atoms with van der Waals surface area (Å²) in [6.07, 6.45) is 0. The number of hydrogen-bond donors (Lipinski definition) is 1. The highest BCUT2D eigenvalue weighted by Gasteiger charge is 2.18. The summed E-state index contributed by atoms with van der Waals surface area (Å²) in [6.45, 7) is 0.126. The number of nitrogens with zero attached hydrogens (tertiary/aromatic N) is 1. The van der Waals surface area contributed by atoms with Crippen LogP contribution in [0.1, 0.15) is 11.1 Å². The maximum atomic E-state index is 11.8. The number of hydrogen-bond acceptors (Lipinski definition) is 3. The molecule has 20 heavy (non-hydrogen) atoms. The second-order valence-corrected chi connectivity index (χ2v) is 4.49. The molecule has 1 aliphatic rings. The zero-order valence-corrected chi connectivity index (χ0v) is 11.1. The van der Waals surface area contributed by atoms with Crippen LogP contribution in [0.5, 0.6) is 5.75 Å². The van der Waals surface area contributed by atoms with Crippen LogP contribution in [0.25, 0.3) is 0 Å². The Balaban J connectivity index is 2.15. The highest BCUT2D eigenvalue weighted by Crippen LogP contribution is 2.27. The van der Waals surface area contributed by atoms with Gasteiger partial charge in [0, 0.05) is 17.2 Å². The maximum Gasteiger partial charge on any atom is 0.246 e. The Kier molecular flexibility index (Phi) is 3.21. The van der Waals surface area contributed by atoms with Gasteiger partial charge in [0.15, 0.2) is 0 Å². The number of ether oxygens (including phenoxy) is 1. The first-order valence-electron chi connectivity index (χ1n) is 6.36. The van der Waals surface area contributed by atoms with Crippen LogP contribution in [0, 0.1) is 0 Å². The fourth-order valence-corrected chi connectivity index (χ4v) is 2.23. The second-order valence-electron chi connectivity index (χ2n) is 4.49. The molecule has 0 radical (unpaired) electrons. The quantitative estimate of drug-likeness (QED) is 0.907. The van der Waals surface area contributed by atoms with Crippen molar-refractivity contribution in [3.05, 3.63) is 59.7 Å². The SMILES string of the molecule is COc1ccc2c(c1)NC(=O)CN=C2c1ccccc1. The average Bonchev–Trinajstić information content (AvgIpc) is 2.65. The Morgan fingerprint density at radius 3 is 2.70 bits per heavy atom. The molecule has 0 atom stereocenters. The lowest BCUT2D eigenvalue weighted by atomic mass is 10.0. The lowest BCUT2D eigenvalue weighted by Gasteiger charge is -2.11. The van der Waals surface area contributed by atoms with Gasteiger partial charge in [-0.25, -0.2) is 0 Å². The van der Waals surface area contributed by atoms with Crippen LogP contribution >= 0.6 is 0 Å². The Morgan fingerprint density at radius 1 is 1.15 bits per heavy atom. The summed E-state index contributed by atoms with van der Waals surface area (Å²) in [6, 6.07) is 15.5. The number of anilines is 1. The lowest BCUT2D eigenvalue weighted by Crippen LogP contribution is -2.13. The number of fused-ring (bicyclic) bond motifs is 1. The molecule has 4 heteroatoms.